The van der Waals surface area contributed by atoms with Crippen LogP contribution in [0.4, 0.5) is 0 Å². The summed E-state index contributed by atoms with van der Waals surface area (Å²) >= 11 is 1.43. The first kappa shape index (κ1) is 19.1. The van der Waals surface area contributed by atoms with Gasteiger partial charge in [0.25, 0.3) is 0 Å². The lowest BCUT2D eigenvalue weighted by Gasteiger charge is -2.24. The van der Waals surface area contributed by atoms with Crippen LogP contribution in [0.25, 0.3) is 28.2 Å². The van der Waals surface area contributed by atoms with Gasteiger partial charge < -0.3 is 0 Å². The van der Waals surface area contributed by atoms with E-state index in [2.05, 4.69) is 39.2 Å². The fraction of sp³-hybridized carbons (Fsp3) is 0.200. The molecule has 6 nitrogen and oxygen atoms in total. The van der Waals surface area contributed by atoms with Gasteiger partial charge in [0, 0.05) is 30.1 Å². The third kappa shape index (κ3) is 3.35. The summed E-state index contributed by atoms with van der Waals surface area (Å²) in [6.07, 6.45) is 9.38. The summed E-state index contributed by atoms with van der Waals surface area (Å²) in [5.41, 5.74) is 4.99. The maximum atomic E-state index is 12.9. The second kappa shape index (κ2) is 7.84. The number of fused-ring (bicyclic) bond motifs is 1. The number of benzene rings is 1. The first-order valence-electron chi connectivity index (χ1n) is 10.8. The van der Waals surface area contributed by atoms with Crippen molar-refractivity contribution in [1.82, 2.24) is 24.4 Å². The molecule has 0 aliphatic heterocycles. The highest BCUT2D eigenvalue weighted by atomic mass is 32.1. The molecule has 1 saturated carbocycles. The van der Waals surface area contributed by atoms with Gasteiger partial charge in [0.2, 0.25) is 5.78 Å². The van der Waals surface area contributed by atoms with Crippen LogP contribution in [0.2, 0.25) is 0 Å². The highest BCUT2D eigenvalue weighted by molar-refractivity contribution is 7.12. The Balaban J connectivity index is 1.35. The van der Waals surface area contributed by atoms with Crippen molar-refractivity contribution in [2.75, 3.05) is 0 Å². The van der Waals surface area contributed by atoms with Crippen molar-refractivity contribution in [3.63, 3.8) is 0 Å². The van der Waals surface area contributed by atoms with Crippen LogP contribution in [-0.2, 0) is 6.54 Å². The van der Waals surface area contributed by atoms with Crippen LogP contribution in [0.3, 0.4) is 0 Å². The molecule has 4 heterocycles. The van der Waals surface area contributed by atoms with Crippen molar-refractivity contribution in [1.29, 1.82) is 0 Å². The molecule has 1 fully saturated rings. The Hall–Kier alpha value is -3.58. The van der Waals surface area contributed by atoms with Crippen LogP contribution in [-0.4, -0.2) is 30.2 Å². The lowest BCUT2D eigenvalue weighted by Crippen LogP contribution is -2.18. The Kier molecular flexibility index (Phi) is 4.69. The van der Waals surface area contributed by atoms with E-state index in [1.54, 1.807) is 16.9 Å². The van der Waals surface area contributed by atoms with Crippen LogP contribution >= 0.6 is 11.3 Å². The first-order valence-corrected chi connectivity index (χ1v) is 11.7. The molecule has 7 heteroatoms. The maximum Gasteiger partial charge on any atom is 0.208 e. The molecule has 1 aromatic carbocycles. The number of thiophene rings is 1. The van der Waals surface area contributed by atoms with Gasteiger partial charge in [-0.05, 0) is 48.4 Å². The second-order valence-corrected chi connectivity index (χ2v) is 9.18. The van der Waals surface area contributed by atoms with Crippen LogP contribution in [0.5, 0.6) is 0 Å². The third-order valence-corrected chi connectivity index (χ3v) is 7.02. The Morgan fingerprint density at radius 3 is 2.81 bits per heavy atom. The van der Waals surface area contributed by atoms with Gasteiger partial charge in [-0.3, -0.25) is 9.48 Å². The number of aromatic nitrogens is 5. The molecule has 0 spiro atoms. The molecule has 0 unspecified atom stereocenters. The molecule has 1 aliphatic carbocycles. The number of ketones is 1. The number of rotatable bonds is 6. The molecular formula is C25H21N5OS. The van der Waals surface area contributed by atoms with E-state index in [4.69, 9.17) is 5.10 Å². The number of carbonyl (C=O) groups excluding carboxylic acids is 1. The topological polar surface area (TPSA) is 65.1 Å². The van der Waals surface area contributed by atoms with Crippen molar-refractivity contribution in [2.45, 2.75) is 25.8 Å². The summed E-state index contributed by atoms with van der Waals surface area (Å²) in [4.78, 5) is 18.0. The lowest BCUT2D eigenvalue weighted by atomic mass is 9.85. The molecule has 0 atom stereocenters. The molecule has 0 amide bonds. The molecule has 1 aliphatic rings. The number of hydrogen-bond acceptors (Lipinski definition) is 5. The fourth-order valence-corrected chi connectivity index (χ4v) is 4.88. The van der Waals surface area contributed by atoms with Gasteiger partial charge in [-0.2, -0.15) is 10.2 Å². The number of nitrogens with zero attached hydrogens (tertiary/aromatic N) is 5. The van der Waals surface area contributed by atoms with E-state index in [9.17, 15) is 4.79 Å². The smallest absolute Gasteiger partial charge is 0.208 e. The predicted molar refractivity (Wildman–Crippen MR) is 125 cm³/mol. The second-order valence-electron chi connectivity index (χ2n) is 8.23. The lowest BCUT2D eigenvalue weighted by molar-refractivity contribution is 0.104. The summed E-state index contributed by atoms with van der Waals surface area (Å²) in [5.74, 6) is 0.718. The van der Waals surface area contributed by atoms with E-state index in [0.29, 0.717) is 16.1 Å². The largest absolute Gasteiger partial charge is 0.287 e. The minimum atomic E-state index is -0.0506. The Bertz CT molecular complexity index is 1410. The van der Waals surface area contributed by atoms with Crippen LogP contribution in [0.1, 0.15) is 34.5 Å². The predicted octanol–water partition coefficient (Wildman–Crippen LogP) is 5.35. The Labute approximate surface area is 189 Å². The average molecular weight is 440 g/mol. The molecular weight excluding hydrogens is 418 g/mol. The van der Waals surface area contributed by atoms with Crippen molar-refractivity contribution in [3.05, 3.63) is 82.9 Å². The fourth-order valence-electron chi connectivity index (χ4n) is 4.21. The van der Waals surface area contributed by atoms with Gasteiger partial charge in [-0.1, -0.05) is 30.7 Å². The van der Waals surface area contributed by atoms with Crippen LogP contribution in [0.15, 0.2) is 72.5 Å². The van der Waals surface area contributed by atoms with Crippen molar-refractivity contribution < 1.29 is 4.79 Å². The zero-order valence-electron chi connectivity index (χ0n) is 17.4. The van der Waals surface area contributed by atoms with E-state index in [1.165, 1.54) is 30.6 Å². The summed E-state index contributed by atoms with van der Waals surface area (Å²) in [5, 5.41) is 11.2. The van der Waals surface area contributed by atoms with Gasteiger partial charge >= 0.3 is 0 Å². The molecule has 0 saturated heterocycles. The number of hydrogen-bond donors (Lipinski definition) is 0. The van der Waals surface area contributed by atoms with Crippen molar-refractivity contribution in [3.8, 4) is 22.5 Å². The molecule has 6 rings (SSSR count). The Morgan fingerprint density at radius 2 is 2.00 bits per heavy atom. The minimum Gasteiger partial charge on any atom is -0.287 e. The van der Waals surface area contributed by atoms with Gasteiger partial charge in [0.15, 0.2) is 5.65 Å². The van der Waals surface area contributed by atoms with E-state index in [1.807, 2.05) is 35.7 Å². The summed E-state index contributed by atoms with van der Waals surface area (Å²) in [6, 6.07) is 16.0. The van der Waals surface area contributed by atoms with Crippen molar-refractivity contribution in [2.24, 2.45) is 5.92 Å². The first-order chi connectivity index (χ1) is 15.8. The highest BCUT2D eigenvalue weighted by Crippen LogP contribution is 2.29. The highest BCUT2D eigenvalue weighted by Gasteiger charge is 2.20. The third-order valence-electron chi connectivity index (χ3n) is 6.16. The maximum absolute atomic E-state index is 12.9. The monoisotopic (exact) mass is 439 g/mol. The standard InChI is InChI=1S/C25H21N5OS/c31-24(23-8-3-13-32-23)20-15-27-30-22(9-11-26-25(20)30)19-7-2-6-18(14-19)21-10-12-29(28-21)16-17-4-1-5-17/h2-3,6-15,17H,1,4-5,16H2. The van der Waals surface area contributed by atoms with Gasteiger partial charge in [0.05, 0.1) is 28.0 Å². The summed E-state index contributed by atoms with van der Waals surface area (Å²) in [6.45, 7) is 0.999. The quantitative estimate of drug-likeness (QED) is 0.335. The minimum absolute atomic E-state index is 0.0506. The molecule has 0 bridgehead atoms. The molecule has 5 aromatic rings. The summed E-state index contributed by atoms with van der Waals surface area (Å²) in [7, 11) is 0. The zero-order chi connectivity index (χ0) is 21.5. The van der Waals surface area contributed by atoms with Gasteiger partial charge in [0.1, 0.15) is 0 Å². The molecule has 4 aromatic heterocycles. The number of carbonyl (C=O) groups is 1. The SMILES string of the molecule is O=C(c1cccs1)c1cnn2c(-c3cccc(-c4ccn(CC5CCC5)n4)c3)ccnc12. The van der Waals surface area contributed by atoms with Crippen LogP contribution < -0.4 is 0 Å². The van der Waals surface area contributed by atoms with E-state index < -0.39 is 0 Å². The molecule has 0 radical (unpaired) electrons. The zero-order valence-corrected chi connectivity index (χ0v) is 18.2. The molecule has 32 heavy (non-hydrogen) atoms. The van der Waals surface area contributed by atoms with E-state index in [0.717, 1.165) is 35.0 Å². The van der Waals surface area contributed by atoms with Crippen molar-refractivity contribution >= 4 is 22.8 Å². The Morgan fingerprint density at radius 1 is 1.09 bits per heavy atom. The molecule has 0 N–H and O–H groups in total. The normalized spacial score (nSPS) is 14.0. The van der Waals surface area contributed by atoms with E-state index in [-0.39, 0.29) is 5.78 Å². The average Bonchev–Trinajstić information content (AvgIpc) is 3.56. The van der Waals surface area contributed by atoms with Gasteiger partial charge in [-0.25, -0.2) is 9.50 Å². The summed E-state index contributed by atoms with van der Waals surface area (Å²) < 4.78 is 3.81. The van der Waals surface area contributed by atoms with Gasteiger partial charge in [-0.15, -0.1) is 11.3 Å². The molecule has 158 valence electrons. The van der Waals surface area contributed by atoms with Crippen LogP contribution in [0, 0.1) is 5.92 Å². The van der Waals surface area contributed by atoms with E-state index >= 15 is 0 Å².